The molecule has 0 saturated heterocycles. The SMILES string of the molecule is CC(C)=CCC(C)(C)[C@@H](O)/C=C/[C@@H]1C=CC(=O)[C@@H]1C/C=C\CCCC(=O)O. The van der Waals surface area contributed by atoms with E-state index in [1.807, 2.05) is 58.1 Å². The van der Waals surface area contributed by atoms with Crippen molar-refractivity contribution >= 4 is 11.8 Å². The van der Waals surface area contributed by atoms with Crippen LogP contribution in [0.5, 0.6) is 0 Å². The highest BCUT2D eigenvalue weighted by molar-refractivity contribution is 5.95. The number of carbonyl (C=O) groups excluding carboxylic acids is 1. The zero-order valence-electron chi connectivity index (χ0n) is 17.0. The summed E-state index contributed by atoms with van der Waals surface area (Å²) in [5.74, 6) is -0.812. The second-order valence-electron chi connectivity index (χ2n) is 8.24. The number of carbonyl (C=O) groups is 2. The number of aliphatic carboxylic acids is 1. The van der Waals surface area contributed by atoms with Crippen molar-refractivity contribution in [3.05, 3.63) is 48.1 Å². The normalized spacial score (nSPS) is 21.3. The monoisotopic (exact) mass is 374 g/mol. The average molecular weight is 375 g/mol. The third-order valence-corrected chi connectivity index (χ3v) is 4.98. The smallest absolute Gasteiger partial charge is 0.303 e. The molecule has 0 amide bonds. The van der Waals surface area contributed by atoms with Crippen molar-refractivity contribution in [3.8, 4) is 0 Å². The van der Waals surface area contributed by atoms with Crippen molar-refractivity contribution in [3.63, 3.8) is 0 Å². The van der Waals surface area contributed by atoms with Crippen LogP contribution in [0.1, 0.15) is 59.8 Å². The van der Waals surface area contributed by atoms with Crippen LogP contribution in [-0.2, 0) is 9.59 Å². The summed E-state index contributed by atoms with van der Waals surface area (Å²) in [6.07, 6.45) is 15.7. The molecule has 0 bridgehead atoms. The van der Waals surface area contributed by atoms with E-state index in [1.54, 1.807) is 6.08 Å². The predicted octanol–water partition coefficient (Wildman–Crippen LogP) is 4.86. The van der Waals surface area contributed by atoms with Crippen LogP contribution < -0.4 is 0 Å². The minimum Gasteiger partial charge on any atom is -0.481 e. The van der Waals surface area contributed by atoms with Crippen molar-refractivity contribution < 1.29 is 19.8 Å². The van der Waals surface area contributed by atoms with Gasteiger partial charge in [0.05, 0.1) is 6.10 Å². The summed E-state index contributed by atoms with van der Waals surface area (Å²) in [6.45, 7) is 8.17. The van der Waals surface area contributed by atoms with E-state index in [-0.39, 0.29) is 29.5 Å². The summed E-state index contributed by atoms with van der Waals surface area (Å²) >= 11 is 0. The molecular formula is C23H34O4. The maximum absolute atomic E-state index is 12.1. The molecule has 0 aromatic rings. The zero-order chi connectivity index (χ0) is 20.4. The van der Waals surface area contributed by atoms with Crippen molar-refractivity contribution in [2.45, 2.75) is 65.9 Å². The number of carboxylic acid groups (broad SMARTS) is 1. The van der Waals surface area contributed by atoms with Crippen molar-refractivity contribution in [1.82, 2.24) is 0 Å². The number of carboxylic acids is 1. The molecule has 4 heteroatoms. The molecule has 0 aromatic carbocycles. The van der Waals surface area contributed by atoms with Crippen molar-refractivity contribution in [2.24, 2.45) is 17.3 Å². The molecule has 2 N–H and O–H groups in total. The lowest BCUT2D eigenvalue weighted by Crippen LogP contribution is -2.27. The topological polar surface area (TPSA) is 74.6 Å². The molecule has 1 rings (SSSR count). The van der Waals surface area contributed by atoms with Gasteiger partial charge in [0.15, 0.2) is 5.78 Å². The molecule has 0 fully saturated rings. The minimum atomic E-state index is -0.783. The third-order valence-electron chi connectivity index (χ3n) is 4.98. The first-order chi connectivity index (χ1) is 12.6. The molecule has 1 aliphatic rings. The van der Waals surface area contributed by atoms with Gasteiger partial charge in [0.1, 0.15) is 0 Å². The van der Waals surface area contributed by atoms with Gasteiger partial charge in [-0.15, -0.1) is 0 Å². The molecule has 0 aliphatic heterocycles. The summed E-state index contributed by atoms with van der Waals surface area (Å²) in [6, 6.07) is 0. The van der Waals surface area contributed by atoms with Gasteiger partial charge in [0.25, 0.3) is 0 Å². The standard InChI is InChI=1S/C23H34O4/c1-17(2)15-16-23(3,4)21(25)14-12-18-11-13-20(24)19(18)9-7-5-6-8-10-22(26)27/h5,7,11-15,18-19,21,25H,6,8-10,16H2,1-4H3,(H,26,27)/b7-5-,14-12+/t18-,19+,21-/m0/s1. The third kappa shape index (κ3) is 8.53. The predicted molar refractivity (Wildman–Crippen MR) is 109 cm³/mol. The second kappa shape index (κ2) is 11.0. The Kier molecular flexibility index (Phi) is 9.44. The Morgan fingerprint density at radius 3 is 2.63 bits per heavy atom. The highest BCUT2D eigenvalue weighted by Crippen LogP contribution is 2.31. The number of ketones is 1. The van der Waals surface area contributed by atoms with E-state index in [0.717, 1.165) is 6.42 Å². The second-order valence-corrected chi connectivity index (χ2v) is 8.24. The Morgan fingerprint density at radius 1 is 1.30 bits per heavy atom. The van der Waals surface area contributed by atoms with E-state index in [2.05, 4.69) is 6.08 Å². The zero-order valence-corrected chi connectivity index (χ0v) is 17.0. The highest BCUT2D eigenvalue weighted by atomic mass is 16.4. The van der Waals surface area contributed by atoms with Crippen LogP contribution in [0.2, 0.25) is 0 Å². The van der Waals surface area contributed by atoms with Crippen molar-refractivity contribution in [1.29, 1.82) is 0 Å². The van der Waals surface area contributed by atoms with Gasteiger partial charge in [-0.1, -0.05) is 55.9 Å². The van der Waals surface area contributed by atoms with Crippen LogP contribution in [-0.4, -0.2) is 28.1 Å². The lowest BCUT2D eigenvalue weighted by atomic mass is 9.81. The van der Waals surface area contributed by atoms with Gasteiger partial charge >= 0.3 is 5.97 Å². The summed E-state index contributed by atoms with van der Waals surface area (Å²) in [4.78, 5) is 22.6. The van der Waals surface area contributed by atoms with E-state index < -0.39 is 12.1 Å². The summed E-state index contributed by atoms with van der Waals surface area (Å²) in [5, 5.41) is 19.2. The fourth-order valence-electron chi connectivity index (χ4n) is 2.94. The number of hydrogen-bond acceptors (Lipinski definition) is 3. The number of allylic oxidation sites excluding steroid dienone is 7. The number of rotatable bonds is 11. The largest absolute Gasteiger partial charge is 0.481 e. The van der Waals surface area contributed by atoms with E-state index in [0.29, 0.717) is 19.3 Å². The van der Waals surface area contributed by atoms with E-state index in [9.17, 15) is 14.7 Å². The van der Waals surface area contributed by atoms with Crippen LogP contribution in [0.4, 0.5) is 0 Å². The van der Waals surface area contributed by atoms with Gasteiger partial charge in [-0.25, -0.2) is 0 Å². The number of hydrogen-bond donors (Lipinski definition) is 2. The number of aliphatic hydroxyl groups is 1. The highest BCUT2D eigenvalue weighted by Gasteiger charge is 2.29. The average Bonchev–Trinajstić information content (AvgIpc) is 2.93. The van der Waals surface area contributed by atoms with E-state index >= 15 is 0 Å². The minimum absolute atomic E-state index is 0.00456. The van der Waals surface area contributed by atoms with Crippen LogP contribution in [0.15, 0.2) is 48.1 Å². The molecule has 0 spiro atoms. The Balaban J connectivity index is 2.59. The molecule has 0 saturated carbocycles. The van der Waals surface area contributed by atoms with Gasteiger partial charge in [-0.3, -0.25) is 9.59 Å². The van der Waals surface area contributed by atoms with Gasteiger partial charge < -0.3 is 10.2 Å². The molecule has 0 aromatic heterocycles. The van der Waals surface area contributed by atoms with Gasteiger partial charge in [-0.2, -0.15) is 0 Å². The Labute approximate surface area is 163 Å². The van der Waals surface area contributed by atoms with Crippen LogP contribution >= 0.6 is 0 Å². The lowest BCUT2D eigenvalue weighted by Gasteiger charge is -2.28. The Hall–Kier alpha value is -1.94. The van der Waals surface area contributed by atoms with Crippen molar-refractivity contribution in [2.75, 3.05) is 0 Å². The first-order valence-corrected chi connectivity index (χ1v) is 9.72. The number of aliphatic hydroxyl groups excluding tert-OH is 1. The molecule has 0 radical (unpaired) electrons. The molecule has 0 unspecified atom stereocenters. The first-order valence-electron chi connectivity index (χ1n) is 9.72. The summed E-state index contributed by atoms with van der Waals surface area (Å²) in [5.41, 5.74) is 0.971. The molecule has 3 atom stereocenters. The van der Waals surface area contributed by atoms with Gasteiger partial charge in [0, 0.05) is 18.3 Å². The van der Waals surface area contributed by atoms with Crippen LogP contribution in [0.25, 0.3) is 0 Å². The number of unbranched alkanes of at least 4 members (excludes halogenated alkanes) is 1. The molecule has 27 heavy (non-hydrogen) atoms. The van der Waals surface area contributed by atoms with E-state index in [4.69, 9.17) is 5.11 Å². The molecule has 4 nitrogen and oxygen atoms in total. The fraction of sp³-hybridized carbons (Fsp3) is 0.565. The molecular weight excluding hydrogens is 340 g/mol. The summed E-state index contributed by atoms with van der Waals surface area (Å²) < 4.78 is 0. The first kappa shape index (κ1) is 23.1. The lowest BCUT2D eigenvalue weighted by molar-refractivity contribution is -0.137. The Bertz CT molecular complexity index is 618. The summed E-state index contributed by atoms with van der Waals surface area (Å²) in [7, 11) is 0. The van der Waals surface area contributed by atoms with Crippen LogP contribution in [0.3, 0.4) is 0 Å². The maximum atomic E-state index is 12.1. The van der Waals surface area contributed by atoms with Gasteiger partial charge in [0.2, 0.25) is 0 Å². The van der Waals surface area contributed by atoms with Crippen LogP contribution in [0, 0.1) is 17.3 Å². The molecule has 0 heterocycles. The molecule has 1 aliphatic carbocycles. The maximum Gasteiger partial charge on any atom is 0.303 e. The van der Waals surface area contributed by atoms with E-state index in [1.165, 1.54) is 5.57 Å². The van der Waals surface area contributed by atoms with Gasteiger partial charge in [-0.05, 0) is 51.0 Å². The molecule has 150 valence electrons. The quantitative estimate of drug-likeness (QED) is 0.400. The Morgan fingerprint density at radius 2 is 2.00 bits per heavy atom. The fourth-order valence-corrected chi connectivity index (χ4v) is 2.94.